The Labute approximate surface area is 186 Å². The number of halogens is 2. The number of ether oxygens (including phenoxy) is 2. The molecule has 1 amide bonds. The number of nitrogens with one attached hydrogen (secondary N) is 1. The summed E-state index contributed by atoms with van der Waals surface area (Å²) in [4.78, 5) is 23.2. The van der Waals surface area contributed by atoms with Crippen LogP contribution >= 0.6 is 35.0 Å². The van der Waals surface area contributed by atoms with Crippen LogP contribution in [0, 0.1) is 0 Å². The van der Waals surface area contributed by atoms with Crippen molar-refractivity contribution in [3.8, 4) is 5.75 Å². The molecule has 1 heterocycles. The number of methoxy groups -OCH3 is 1. The van der Waals surface area contributed by atoms with Crippen molar-refractivity contribution in [2.24, 2.45) is 10.2 Å². The summed E-state index contributed by atoms with van der Waals surface area (Å²) in [5, 5.41) is 11.8. The second kappa shape index (κ2) is 10.3. The van der Waals surface area contributed by atoms with Crippen LogP contribution in [0.15, 0.2) is 63.6 Å². The smallest absolute Gasteiger partial charge is 0.331 e. The monoisotopic (exact) mass is 463 g/mol. The highest BCUT2D eigenvalue weighted by Gasteiger charge is 2.24. The molecule has 0 atom stereocenters. The van der Waals surface area contributed by atoms with Crippen molar-refractivity contribution in [3.63, 3.8) is 0 Å². The van der Waals surface area contributed by atoms with Crippen molar-refractivity contribution < 1.29 is 19.1 Å². The van der Waals surface area contributed by atoms with E-state index in [1.165, 1.54) is 13.3 Å². The minimum absolute atomic E-state index is 0.191. The van der Waals surface area contributed by atoms with Gasteiger partial charge >= 0.3 is 5.97 Å². The topological polar surface area (TPSA) is 89.3 Å². The van der Waals surface area contributed by atoms with E-state index in [9.17, 15) is 9.59 Å². The van der Waals surface area contributed by atoms with Gasteiger partial charge < -0.3 is 9.47 Å². The molecule has 0 saturated carbocycles. The highest BCUT2D eigenvalue weighted by Crippen LogP contribution is 2.26. The average molecular weight is 464 g/mol. The molecule has 2 aromatic rings. The van der Waals surface area contributed by atoms with Crippen molar-refractivity contribution in [1.82, 2.24) is 5.32 Å². The van der Waals surface area contributed by atoms with E-state index < -0.39 is 11.9 Å². The predicted molar refractivity (Wildman–Crippen MR) is 118 cm³/mol. The Morgan fingerprint density at radius 3 is 2.53 bits per heavy atom. The van der Waals surface area contributed by atoms with Crippen LogP contribution in [-0.2, 0) is 20.9 Å². The highest BCUT2D eigenvalue weighted by molar-refractivity contribution is 8.18. The minimum Gasteiger partial charge on any atom is -0.489 e. The summed E-state index contributed by atoms with van der Waals surface area (Å²) in [6, 6.07) is 12.5. The van der Waals surface area contributed by atoms with E-state index in [1.54, 1.807) is 42.5 Å². The van der Waals surface area contributed by atoms with Crippen molar-refractivity contribution in [2.75, 3.05) is 7.11 Å². The molecule has 1 N–H and O–H groups in total. The van der Waals surface area contributed by atoms with Crippen LogP contribution in [0.1, 0.15) is 11.1 Å². The molecule has 10 heteroatoms. The zero-order valence-corrected chi connectivity index (χ0v) is 17.9. The van der Waals surface area contributed by atoms with Crippen molar-refractivity contribution in [2.45, 2.75) is 6.61 Å². The van der Waals surface area contributed by atoms with Gasteiger partial charge in [-0.25, -0.2) is 4.79 Å². The van der Waals surface area contributed by atoms with Crippen molar-refractivity contribution in [1.29, 1.82) is 0 Å². The predicted octanol–water partition coefficient (Wildman–Crippen LogP) is 4.18. The van der Waals surface area contributed by atoms with Crippen molar-refractivity contribution in [3.05, 3.63) is 74.6 Å². The highest BCUT2D eigenvalue weighted by atomic mass is 35.5. The van der Waals surface area contributed by atoms with Crippen LogP contribution in [0.25, 0.3) is 0 Å². The summed E-state index contributed by atoms with van der Waals surface area (Å²) in [7, 11) is 1.23. The SMILES string of the molecule is COC(=O)/C=C1/S/C(=N\N=Cc2ccc(OCc3c(Cl)cccc3Cl)cc2)NC1=O. The summed E-state index contributed by atoms with van der Waals surface area (Å²) < 4.78 is 10.2. The van der Waals surface area contributed by atoms with Gasteiger partial charge in [0.05, 0.1) is 18.2 Å². The first-order valence-corrected chi connectivity index (χ1v) is 10.1. The number of carbonyl (C=O) groups is 2. The lowest BCUT2D eigenvalue weighted by molar-refractivity contribution is -0.135. The third-order valence-electron chi connectivity index (χ3n) is 3.78. The average Bonchev–Trinajstić information content (AvgIpc) is 3.07. The molecule has 0 bridgehead atoms. The van der Waals surface area contributed by atoms with Gasteiger partial charge in [-0.3, -0.25) is 10.1 Å². The van der Waals surface area contributed by atoms with E-state index in [0.717, 1.165) is 29.0 Å². The lowest BCUT2D eigenvalue weighted by atomic mass is 10.2. The van der Waals surface area contributed by atoms with Gasteiger partial charge in [0.2, 0.25) is 0 Å². The largest absolute Gasteiger partial charge is 0.489 e. The van der Waals surface area contributed by atoms with E-state index in [-0.39, 0.29) is 16.7 Å². The summed E-state index contributed by atoms with van der Waals surface area (Å²) in [5.41, 5.74) is 1.50. The van der Waals surface area contributed by atoms with Crippen LogP contribution in [0.5, 0.6) is 5.75 Å². The van der Waals surface area contributed by atoms with Gasteiger partial charge in [0.1, 0.15) is 12.4 Å². The second-order valence-electron chi connectivity index (χ2n) is 5.80. The zero-order chi connectivity index (χ0) is 21.5. The van der Waals surface area contributed by atoms with Gasteiger partial charge in [-0.15, -0.1) is 5.10 Å². The fourth-order valence-corrected chi connectivity index (χ4v) is 3.51. The number of amides is 1. The molecule has 0 unspecified atom stereocenters. The molecule has 154 valence electrons. The zero-order valence-electron chi connectivity index (χ0n) is 15.6. The molecule has 7 nitrogen and oxygen atoms in total. The van der Waals surface area contributed by atoms with Crippen LogP contribution in [0.2, 0.25) is 10.0 Å². The van der Waals surface area contributed by atoms with Gasteiger partial charge in [0.15, 0.2) is 5.17 Å². The number of rotatable bonds is 6. The minimum atomic E-state index is -0.614. The number of nitrogens with zero attached hydrogens (tertiary/aromatic N) is 2. The van der Waals surface area contributed by atoms with Gasteiger partial charge in [0.25, 0.3) is 5.91 Å². The third kappa shape index (κ3) is 5.85. The molecule has 1 aliphatic heterocycles. The lowest BCUT2D eigenvalue weighted by Gasteiger charge is -2.09. The van der Waals surface area contributed by atoms with Crippen molar-refractivity contribution >= 4 is 58.2 Å². The first-order chi connectivity index (χ1) is 14.5. The Hall–Kier alpha value is -2.81. The summed E-state index contributed by atoms with van der Waals surface area (Å²) >= 11 is 13.3. The maximum atomic E-state index is 11.7. The Morgan fingerprint density at radius 2 is 1.87 bits per heavy atom. The molecule has 1 fully saturated rings. The lowest BCUT2D eigenvalue weighted by Crippen LogP contribution is -2.19. The van der Waals surface area contributed by atoms with Crippen LogP contribution in [-0.4, -0.2) is 30.4 Å². The number of hydrogen-bond donors (Lipinski definition) is 1. The summed E-state index contributed by atoms with van der Waals surface area (Å²) in [5.74, 6) is -0.401. The maximum absolute atomic E-state index is 11.7. The molecule has 2 aromatic carbocycles. The van der Waals surface area contributed by atoms with E-state index in [2.05, 4.69) is 20.3 Å². The number of benzene rings is 2. The van der Waals surface area contributed by atoms with Gasteiger partial charge in [-0.05, 0) is 53.7 Å². The first-order valence-electron chi connectivity index (χ1n) is 8.52. The van der Waals surface area contributed by atoms with E-state index in [4.69, 9.17) is 27.9 Å². The summed E-state index contributed by atoms with van der Waals surface area (Å²) in [6.07, 6.45) is 2.62. The van der Waals surface area contributed by atoms with E-state index in [1.807, 2.05) is 0 Å². The van der Waals surface area contributed by atoms with Gasteiger partial charge in [0, 0.05) is 21.7 Å². The Balaban J connectivity index is 1.57. The molecule has 0 aromatic heterocycles. The van der Waals surface area contributed by atoms with Crippen LogP contribution in [0.3, 0.4) is 0 Å². The van der Waals surface area contributed by atoms with Gasteiger partial charge in [-0.2, -0.15) is 5.10 Å². The van der Waals surface area contributed by atoms with Crippen LogP contribution < -0.4 is 10.1 Å². The molecule has 30 heavy (non-hydrogen) atoms. The fourth-order valence-electron chi connectivity index (χ4n) is 2.26. The summed E-state index contributed by atoms with van der Waals surface area (Å²) in [6.45, 7) is 0.248. The van der Waals surface area contributed by atoms with Gasteiger partial charge in [-0.1, -0.05) is 29.3 Å². The van der Waals surface area contributed by atoms with Crippen LogP contribution in [0.4, 0.5) is 0 Å². The number of hydrogen-bond acceptors (Lipinski definition) is 7. The molecule has 1 aliphatic rings. The molecule has 1 saturated heterocycles. The molecule has 3 rings (SSSR count). The Kier molecular flexibility index (Phi) is 7.51. The Bertz CT molecular complexity index is 1030. The third-order valence-corrected chi connectivity index (χ3v) is 5.39. The normalized spacial score (nSPS) is 16.3. The van der Waals surface area contributed by atoms with E-state index in [0.29, 0.717) is 15.8 Å². The standard InChI is InChI=1S/C20H15Cl2N3O4S/c1-28-18(26)9-17-19(27)24-20(30-17)25-23-10-12-5-7-13(8-6-12)29-11-14-15(21)3-2-4-16(14)22/h2-10H,11H2,1H3,(H,24,25,27)/b17-9+,23-10?. The maximum Gasteiger partial charge on any atom is 0.331 e. The molecule has 0 radical (unpaired) electrons. The number of esters is 1. The molecule has 0 spiro atoms. The molecule has 0 aliphatic carbocycles. The Morgan fingerprint density at radius 1 is 1.17 bits per heavy atom. The number of amidine groups is 1. The molecular weight excluding hydrogens is 449 g/mol. The quantitative estimate of drug-likeness (QED) is 0.300. The first kappa shape index (κ1) is 21.9. The second-order valence-corrected chi connectivity index (χ2v) is 7.64. The number of carbonyl (C=O) groups excluding carboxylic acids is 2. The van der Waals surface area contributed by atoms with E-state index >= 15 is 0 Å². The fraction of sp³-hybridized carbons (Fsp3) is 0.100. The number of thioether (sulfide) groups is 1. The molecular formula is C20H15Cl2N3O4S.